The van der Waals surface area contributed by atoms with Crippen molar-refractivity contribution in [1.29, 1.82) is 0 Å². The van der Waals surface area contributed by atoms with Crippen LogP contribution >= 0.6 is 7.60 Å². The van der Waals surface area contributed by atoms with Crippen LogP contribution in [-0.4, -0.2) is 85.9 Å². The molecule has 0 bridgehead atoms. The van der Waals surface area contributed by atoms with Crippen molar-refractivity contribution in [2.45, 2.75) is 32.2 Å². The molecule has 6 N–H and O–H groups in total. The van der Waals surface area contributed by atoms with Crippen molar-refractivity contribution in [2.24, 2.45) is 0 Å². The molecule has 13 nitrogen and oxygen atoms in total. The number of carbonyl (C=O) groups excluding carboxylic acids is 2. The van der Waals surface area contributed by atoms with Gasteiger partial charge in [0.2, 0.25) is 5.91 Å². The Morgan fingerprint density at radius 1 is 1.00 bits per heavy atom. The molecule has 0 spiro atoms. The highest BCUT2D eigenvalue weighted by molar-refractivity contribution is 7.51. The van der Waals surface area contributed by atoms with Gasteiger partial charge in [-0.1, -0.05) is 61.9 Å². The van der Waals surface area contributed by atoms with Gasteiger partial charge in [-0.15, -0.1) is 0 Å². The molecule has 1 aliphatic rings. The Hall–Kier alpha value is -4.16. The number of hydrogen-bond acceptors (Lipinski definition) is 8. The number of rotatable bonds is 11. The van der Waals surface area contributed by atoms with Crippen LogP contribution in [0.25, 0.3) is 11.4 Å². The highest BCUT2D eigenvalue weighted by Gasteiger charge is 2.33. The van der Waals surface area contributed by atoms with E-state index in [0.717, 1.165) is 18.5 Å². The van der Waals surface area contributed by atoms with Gasteiger partial charge in [-0.25, -0.2) is 9.97 Å². The summed E-state index contributed by atoms with van der Waals surface area (Å²) in [5, 5.41) is 16.8. The number of piperazine rings is 1. The first kappa shape index (κ1) is 33.3. The quantitative estimate of drug-likeness (QED) is 0.174. The molecule has 230 valence electrons. The molecule has 1 saturated heterocycles. The van der Waals surface area contributed by atoms with Crippen molar-refractivity contribution >= 4 is 36.9 Å². The number of nitrogens with zero attached hydrogens (tertiary/aromatic N) is 3. The maximum absolute atomic E-state index is 13.3. The average Bonchev–Trinajstić information content (AvgIpc) is 3.00. The van der Waals surface area contributed by atoms with Crippen molar-refractivity contribution in [3.63, 3.8) is 0 Å². The van der Waals surface area contributed by atoms with Crippen LogP contribution in [0.5, 0.6) is 0 Å². The zero-order chi connectivity index (χ0) is 31.2. The number of nitrogens with one attached hydrogen (secondary N) is 3. The van der Waals surface area contributed by atoms with E-state index in [1.807, 2.05) is 55.5 Å². The van der Waals surface area contributed by atoms with Gasteiger partial charge >= 0.3 is 13.6 Å². The van der Waals surface area contributed by atoms with Gasteiger partial charge < -0.3 is 35.7 Å². The molecule has 0 aliphatic carbocycles. The number of anilines is 2. The SMILES string of the molecule is CCCCC(=O)O.O=C(NC(CP(=O)(O)O)C(=O)N1CCNCC1)c1cc(Nc2ccccc2)nc(-c2ccccc2)n1. The molecule has 1 aliphatic heterocycles. The first-order valence-electron chi connectivity index (χ1n) is 13.9. The van der Waals surface area contributed by atoms with Crippen LogP contribution in [0.4, 0.5) is 11.5 Å². The van der Waals surface area contributed by atoms with E-state index in [-0.39, 0.29) is 11.5 Å². The minimum atomic E-state index is -4.61. The fourth-order valence-corrected chi connectivity index (χ4v) is 4.83. The number of para-hydroxylation sites is 1. The van der Waals surface area contributed by atoms with Gasteiger partial charge in [0, 0.05) is 49.9 Å². The second kappa shape index (κ2) is 16.5. The second-order valence-corrected chi connectivity index (χ2v) is 11.5. The van der Waals surface area contributed by atoms with E-state index in [0.29, 0.717) is 44.0 Å². The smallest absolute Gasteiger partial charge is 0.328 e. The minimum Gasteiger partial charge on any atom is -0.481 e. The van der Waals surface area contributed by atoms with Crippen molar-refractivity contribution in [1.82, 2.24) is 25.5 Å². The van der Waals surface area contributed by atoms with Gasteiger partial charge in [0.05, 0.1) is 6.16 Å². The summed E-state index contributed by atoms with van der Waals surface area (Å²) in [7, 11) is -4.61. The van der Waals surface area contributed by atoms with Gasteiger partial charge in [-0.05, 0) is 18.6 Å². The molecule has 0 radical (unpaired) electrons. The molecule has 1 atom stereocenters. The molecule has 0 saturated carbocycles. The Balaban J connectivity index is 0.000000646. The first-order chi connectivity index (χ1) is 20.6. The van der Waals surface area contributed by atoms with E-state index < -0.39 is 37.6 Å². The van der Waals surface area contributed by atoms with Crippen LogP contribution in [0.3, 0.4) is 0 Å². The minimum absolute atomic E-state index is 0.0499. The zero-order valence-electron chi connectivity index (χ0n) is 23.8. The number of carbonyl (C=O) groups is 3. The number of amides is 2. The Morgan fingerprint density at radius 3 is 2.19 bits per heavy atom. The molecular formula is C29H37N6O7P. The summed E-state index contributed by atoms with van der Waals surface area (Å²) in [5.74, 6) is -1.36. The third-order valence-electron chi connectivity index (χ3n) is 6.23. The van der Waals surface area contributed by atoms with E-state index in [2.05, 4.69) is 25.9 Å². The molecule has 3 aromatic rings. The van der Waals surface area contributed by atoms with Crippen LogP contribution < -0.4 is 16.0 Å². The van der Waals surface area contributed by atoms with Crippen molar-refractivity contribution in [3.8, 4) is 11.4 Å². The van der Waals surface area contributed by atoms with E-state index in [1.54, 1.807) is 12.1 Å². The summed E-state index contributed by atoms with van der Waals surface area (Å²) in [4.78, 5) is 65.5. The van der Waals surface area contributed by atoms with Crippen molar-refractivity contribution in [3.05, 3.63) is 72.4 Å². The molecule has 1 fully saturated rings. The molecule has 2 aromatic carbocycles. The molecule has 1 unspecified atom stereocenters. The van der Waals surface area contributed by atoms with E-state index >= 15 is 0 Å². The van der Waals surface area contributed by atoms with Gasteiger partial charge in [0.1, 0.15) is 17.6 Å². The Labute approximate surface area is 249 Å². The van der Waals surface area contributed by atoms with E-state index in [9.17, 15) is 28.7 Å². The summed E-state index contributed by atoms with van der Waals surface area (Å²) in [6, 6.07) is 18.4. The van der Waals surface area contributed by atoms with Gasteiger partial charge in [0.15, 0.2) is 5.82 Å². The summed E-state index contributed by atoms with van der Waals surface area (Å²) in [6.45, 7) is 3.85. The van der Waals surface area contributed by atoms with Crippen LogP contribution in [0, 0.1) is 0 Å². The van der Waals surface area contributed by atoms with E-state index in [1.165, 1.54) is 11.0 Å². The Kier molecular flexibility index (Phi) is 12.8. The number of unbranched alkanes of at least 4 members (excludes halogenated alkanes) is 1. The van der Waals surface area contributed by atoms with E-state index in [4.69, 9.17) is 5.11 Å². The molecule has 14 heteroatoms. The number of carboxylic acid groups (broad SMARTS) is 1. The molecule has 1 aromatic heterocycles. The number of aliphatic carboxylic acids is 1. The van der Waals surface area contributed by atoms with Gasteiger partial charge in [0.25, 0.3) is 5.91 Å². The summed E-state index contributed by atoms with van der Waals surface area (Å²) < 4.78 is 11.8. The third kappa shape index (κ3) is 11.6. The highest BCUT2D eigenvalue weighted by Crippen LogP contribution is 2.35. The van der Waals surface area contributed by atoms with Crippen LogP contribution in [-0.2, 0) is 14.2 Å². The monoisotopic (exact) mass is 612 g/mol. The number of benzene rings is 2. The maximum atomic E-state index is 13.3. The summed E-state index contributed by atoms with van der Waals surface area (Å²) in [5.41, 5.74) is 1.37. The van der Waals surface area contributed by atoms with Crippen LogP contribution in [0.1, 0.15) is 36.7 Å². The van der Waals surface area contributed by atoms with Crippen molar-refractivity contribution in [2.75, 3.05) is 37.7 Å². The summed E-state index contributed by atoms with van der Waals surface area (Å²) in [6.07, 6.45) is 1.27. The fourth-order valence-electron chi connectivity index (χ4n) is 4.10. The van der Waals surface area contributed by atoms with Crippen molar-refractivity contribution < 1.29 is 33.8 Å². The van der Waals surface area contributed by atoms with Crippen LogP contribution in [0.2, 0.25) is 0 Å². The fraction of sp³-hybridized carbons (Fsp3) is 0.345. The number of hydrogen-bond donors (Lipinski definition) is 6. The predicted octanol–water partition coefficient (Wildman–Crippen LogP) is 2.86. The topological polar surface area (TPSA) is 194 Å². The molecule has 4 rings (SSSR count). The third-order valence-corrected chi connectivity index (χ3v) is 7.07. The molecule has 2 heterocycles. The first-order valence-corrected chi connectivity index (χ1v) is 15.7. The Bertz CT molecular complexity index is 1400. The predicted molar refractivity (Wildman–Crippen MR) is 162 cm³/mol. The number of aromatic nitrogens is 2. The lowest BCUT2D eigenvalue weighted by Crippen LogP contribution is -2.55. The molecule has 43 heavy (non-hydrogen) atoms. The average molecular weight is 613 g/mol. The zero-order valence-corrected chi connectivity index (χ0v) is 24.7. The lowest BCUT2D eigenvalue weighted by Gasteiger charge is -2.31. The van der Waals surface area contributed by atoms with Gasteiger partial charge in [-0.2, -0.15) is 0 Å². The Morgan fingerprint density at radius 2 is 1.63 bits per heavy atom. The van der Waals surface area contributed by atoms with Gasteiger partial charge in [-0.3, -0.25) is 18.9 Å². The normalized spacial score (nSPS) is 13.7. The largest absolute Gasteiger partial charge is 0.481 e. The molecule has 2 amide bonds. The lowest BCUT2D eigenvalue weighted by atomic mass is 10.2. The highest BCUT2D eigenvalue weighted by atomic mass is 31.2. The second-order valence-electron chi connectivity index (χ2n) is 9.76. The molecular weight excluding hydrogens is 575 g/mol. The standard InChI is InChI=1S/C24H27N6O5P.C5H10O2/c31-23(28-20(16-36(33,34)35)24(32)30-13-11-25-12-14-30)19-15-21(26-18-9-5-2-6-10-18)29-22(27-19)17-7-3-1-4-8-17;1-2-3-4-5(6)7/h1-10,15,20,25H,11-14,16H2,(H,28,31)(H,26,27,29)(H2,33,34,35);2-4H2,1H3,(H,6,7). The lowest BCUT2D eigenvalue weighted by molar-refractivity contribution is -0.137. The number of carboxylic acids is 1. The van der Waals surface area contributed by atoms with Crippen LogP contribution in [0.15, 0.2) is 66.7 Å². The summed E-state index contributed by atoms with van der Waals surface area (Å²) >= 11 is 0. The maximum Gasteiger partial charge on any atom is 0.328 e.